The first-order chi connectivity index (χ1) is 7.38. The summed E-state index contributed by atoms with van der Waals surface area (Å²) in [6.45, 7) is 4.57. The third kappa shape index (κ3) is 2.70. The maximum absolute atomic E-state index is 5.65. The molecule has 0 unspecified atom stereocenters. The first kappa shape index (κ1) is 9.98. The number of nitrogens with one attached hydrogen (secondary N) is 1. The van der Waals surface area contributed by atoms with Crippen LogP contribution in [0.1, 0.15) is 18.4 Å². The fraction of sp³-hybridized carbons (Fsp3) is 0.364. The Hall–Kier alpha value is -1.55. The molecule has 0 spiro atoms. The van der Waals surface area contributed by atoms with Gasteiger partial charge in [0, 0.05) is 12.4 Å². The van der Waals surface area contributed by atoms with E-state index in [9.17, 15) is 0 Å². The number of nitrogens with zero attached hydrogens (tertiary/aromatic N) is 2. The fourth-order valence-corrected chi connectivity index (χ4v) is 1.41. The van der Waals surface area contributed by atoms with E-state index in [2.05, 4.69) is 17.2 Å². The summed E-state index contributed by atoms with van der Waals surface area (Å²) < 4.78 is 7.63. The smallest absolute Gasteiger partial charge is 0.123 e. The highest BCUT2D eigenvalue weighted by Crippen LogP contribution is 2.09. The summed E-state index contributed by atoms with van der Waals surface area (Å²) in [5.41, 5.74) is 0. The van der Waals surface area contributed by atoms with Crippen LogP contribution in [0.15, 0.2) is 35.3 Å². The molecule has 1 N–H and O–H groups in total. The van der Waals surface area contributed by atoms with Gasteiger partial charge in [0.2, 0.25) is 0 Å². The van der Waals surface area contributed by atoms with Gasteiger partial charge in [-0.25, -0.2) is 4.98 Å². The lowest BCUT2D eigenvalue weighted by atomic mass is 10.4. The normalized spacial score (nSPS) is 10.7. The highest BCUT2D eigenvalue weighted by Gasteiger charge is 2.01. The average molecular weight is 205 g/mol. The van der Waals surface area contributed by atoms with Crippen molar-refractivity contribution >= 4 is 0 Å². The van der Waals surface area contributed by atoms with Gasteiger partial charge in [-0.05, 0) is 18.7 Å². The van der Waals surface area contributed by atoms with Gasteiger partial charge in [0.15, 0.2) is 0 Å². The Morgan fingerprint density at radius 1 is 1.40 bits per heavy atom. The summed E-state index contributed by atoms with van der Waals surface area (Å²) in [6, 6.07) is 4.02. The molecule has 0 saturated carbocycles. The molecule has 15 heavy (non-hydrogen) atoms. The molecule has 0 aromatic carbocycles. The number of rotatable bonds is 5. The quantitative estimate of drug-likeness (QED) is 0.806. The molecule has 2 heterocycles. The number of hydrogen-bond donors (Lipinski definition) is 1. The largest absolute Gasteiger partial charge is 0.463 e. The van der Waals surface area contributed by atoms with Crippen LogP contribution >= 0.6 is 0 Å². The second kappa shape index (κ2) is 4.79. The van der Waals surface area contributed by atoms with Gasteiger partial charge in [-0.3, -0.25) is 0 Å². The molecule has 0 aliphatic heterocycles. The standard InChI is InChI=1S/C11H15N3O/c1-2-12-7-10-3-4-11(15-10)8-14-6-5-13-9-14/h3-6,9,12H,2,7-8H2,1H3. The van der Waals surface area contributed by atoms with Gasteiger partial charge >= 0.3 is 0 Å². The predicted molar refractivity (Wildman–Crippen MR) is 57.4 cm³/mol. The van der Waals surface area contributed by atoms with Crippen molar-refractivity contribution in [1.29, 1.82) is 0 Å². The summed E-state index contributed by atoms with van der Waals surface area (Å²) in [5.74, 6) is 1.94. The summed E-state index contributed by atoms with van der Waals surface area (Å²) in [4.78, 5) is 3.98. The van der Waals surface area contributed by atoms with E-state index in [-0.39, 0.29) is 0 Å². The van der Waals surface area contributed by atoms with Gasteiger partial charge in [0.25, 0.3) is 0 Å². The molecule has 0 amide bonds. The minimum atomic E-state index is 0.742. The maximum Gasteiger partial charge on any atom is 0.123 e. The topological polar surface area (TPSA) is 43.0 Å². The van der Waals surface area contributed by atoms with Gasteiger partial charge in [0.1, 0.15) is 11.5 Å². The average Bonchev–Trinajstić information content (AvgIpc) is 2.87. The molecule has 2 aromatic heterocycles. The molecule has 4 nitrogen and oxygen atoms in total. The molecular weight excluding hydrogens is 190 g/mol. The lowest BCUT2D eigenvalue weighted by Gasteiger charge is -1.99. The second-order valence-electron chi connectivity index (χ2n) is 3.38. The molecule has 0 aliphatic rings. The monoisotopic (exact) mass is 205 g/mol. The van der Waals surface area contributed by atoms with Crippen molar-refractivity contribution in [2.45, 2.75) is 20.0 Å². The van der Waals surface area contributed by atoms with Crippen molar-refractivity contribution in [3.05, 3.63) is 42.4 Å². The van der Waals surface area contributed by atoms with Crippen LogP contribution in [-0.2, 0) is 13.1 Å². The third-order valence-electron chi connectivity index (χ3n) is 2.16. The van der Waals surface area contributed by atoms with Crippen LogP contribution in [0.2, 0.25) is 0 Å². The Morgan fingerprint density at radius 3 is 3.00 bits per heavy atom. The van der Waals surface area contributed by atoms with Crippen LogP contribution in [0.5, 0.6) is 0 Å². The summed E-state index contributed by atoms with van der Waals surface area (Å²) in [7, 11) is 0. The lowest BCUT2D eigenvalue weighted by molar-refractivity contribution is 0.440. The van der Waals surface area contributed by atoms with Crippen LogP contribution in [0.4, 0.5) is 0 Å². The first-order valence-electron chi connectivity index (χ1n) is 5.12. The van der Waals surface area contributed by atoms with Crippen LogP contribution < -0.4 is 5.32 Å². The Bertz CT molecular complexity index is 392. The Balaban J connectivity index is 1.95. The number of imidazole rings is 1. The Morgan fingerprint density at radius 2 is 2.27 bits per heavy atom. The molecule has 0 aliphatic carbocycles. The van der Waals surface area contributed by atoms with E-state index in [1.54, 1.807) is 12.5 Å². The Kier molecular flexibility index (Phi) is 3.19. The minimum Gasteiger partial charge on any atom is -0.463 e. The van der Waals surface area contributed by atoms with Crippen molar-refractivity contribution in [2.24, 2.45) is 0 Å². The van der Waals surface area contributed by atoms with Crippen molar-refractivity contribution in [3.8, 4) is 0 Å². The van der Waals surface area contributed by atoms with Crippen molar-refractivity contribution in [2.75, 3.05) is 6.54 Å². The zero-order valence-corrected chi connectivity index (χ0v) is 8.81. The molecule has 0 fully saturated rings. The van der Waals surface area contributed by atoms with E-state index in [1.165, 1.54) is 0 Å². The van der Waals surface area contributed by atoms with Crippen molar-refractivity contribution < 1.29 is 4.42 Å². The zero-order valence-electron chi connectivity index (χ0n) is 8.81. The summed E-state index contributed by atoms with van der Waals surface area (Å²) in [5, 5.41) is 3.22. The third-order valence-corrected chi connectivity index (χ3v) is 2.16. The number of hydrogen-bond acceptors (Lipinski definition) is 3. The highest BCUT2D eigenvalue weighted by atomic mass is 16.3. The number of aromatic nitrogens is 2. The molecule has 0 radical (unpaired) electrons. The summed E-state index contributed by atoms with van der Waals surface area (Å²) >= 11 is 0. The lowest BCUT2D eigenvalue weighted by Crippen LogP contribution is -2.10. The first-order valence-corrected chi connectivity index (χ1v) is 5.12. The molecule has 0 saturated heterocycles. The van der Waals surface area contributed by atoms with Gasteiger partial charge in [-0.15, -0.1) is 0 Å². The number of furan rings is 1. The maximum atomic E-state index is 5.65. The van der Waals surface area contributed by atoms with Gasteiger partial charge in [-0.1, -0.05) is 6.92 Å². The van der Waals surface area contributed by atoms with Crippen LogP contribution in [0.25, 0.3) is 0 Å². The van der Waals surface area contributed by atoms with Crippen LogP contribution in [0.3, 0.4) is 0 Å². The Labute approximate surface area is 88.9 Å². The van der Waals surface area contributed by atoms with E-state index in [0.29, 0.717) is 0 Å². The van der Waals surface area contributed by atoms with E-state index >= 15 is 0 Å². The zero-order chi connectivity index (χ0) is 10.5. The predicted octanol–water partition coefficient (Wildman–Crippen LogP) is 1.63. The van der Waals surface area contributed by atoms with Crippen LogP contribution in [-0.4, -0.2) is 16.1 Å². The molecule has 2 rings (SSSR count). The minimum absolute atomic E-state index is 0.742. The van der Waals surface area contributed by atoms with E-state index < -0.39 is 0 Å². The van der Waals surface area contributed by atoms with E-state index in [4.69, 9.17) is 4.42 Å². The molecular formula is C11H15N3O. The van der Waals surface area contributed by atoms with Crippen LogP contribution in [0, 0.1) is 0 Å². The van der Waals surface area contributed by atoms with Gasteiger partial charge in [-0.2, -0.15) is 0 Å². The highest BCUT2D eigenvalue weighted by molar-refractivity contribution is 5.07. The van der Waals surface area contributed by atoms with Crippen molar-refractivity contribution in [3.63, 3.8) is 0 Å². The SMILES string of the molecule is CCNCc1ccc(Cn2ccnc2)o1. The van der Waals surface area contributed by atoms with Crippen molar-refractivity contribution in [1.82, 2.24) is 14.9 Å². The summed E-state index contributed by atoms with van der Waals surface area (Å²) in [6.07, 6.45) is 5.47. The molecule has 2 aromatic rings. The molecule has 4 heteroatoms. The molecule has 0 atom stereocenters. The second-order valence-corrected chi connectivity index (χ2v) is 3.38. The van der Waals surface area contributed by atoms with E-state index in [1.807, 2.05) is 22.9 Å². The van der Waals surface area contributed by atoms with E-state index in [0.717, 1.165) is 31.2 Å². The molecule has 80 valence electrons. The molecule has 0 bridgehead atoms. The fourth-order valence-electron chi connectivity index (χ4n) is 1.41. The van der Waals surface area contributed by atoms with Gasteiger partial charge < -0.3 is 14.3 Å². The van der Waals surface area contributed by atoms with Gasteiger partial charge in [0.05, 0.1) is 19.4 Å².